The Kier molecular flexibility index (Phi) is 6.21. The van der Waals surface area contributed by atoms with E-state index in [0.717, 1.165) is 42.1 Å². The van der Waals surface area contributed by atoms with Gasteiger partial charge in [-0.25, -0.2) is 18.4 Å². The van der Waals surface area contributed by atoms with Crippen LogP contribution in [-0.4, -0.2) is 41.6 Å². The van der Waals surface area contributed by atoms with E-state index in [-0.39, 0.29) is 34.7 Å². The van der Waals surface area contributed by atoms with Gasteiger partial charge in [-0.1, -0.05) is 6.07 Å². The van der Waals surface area contributed by atoms with Crippen LogP contribution >= 0.6 is 11.3 Å². The minimum absolute atomic E-state index is 0.0270. The van der Waals surface area contributed by atoms with Crippen LogP contribution in [0.3, 0.4) is 0 Å². The van der Waals surface area contributed by atoms with E-state index in [1.54, 1.807) is 12.1 Å². The topological polar surface area (TPSA) is 92.3 Å². The number of carbonyl (C=O) groups is 1. The van der Waals surface area contributed by atoms with Crippen LogP contribution in [0.5, 0.6) is 0 Å². The molecule has 202 valence electrons. The molecule has 2 aromatic heterocycles. The van der Waals surface area contributed by atoms with Gasteiger partial charge < -0.3 is 10.2 Å². The van der Waals surface area contributed by atoms with Crippen molar-refractivity contribution < 1.29 is 39.6 Å². The summed E-state index contributed by atoms with van der Waals surface area (Å²) in [5.74, 6) is -2.06. The second-order valence-corrected chi connectivity index (χ2v) is 12.1. The van der Waals surface area contributed by atoms with Gasteiger partial charge in [0.25, 0.3) is 0 Å². The molecule has 7 nitrogen and oxygen atoms in total. The van der Waals surface area contributed by atoms with E-state index >= 15 is 0 Å². The van der Waals surface area contributed by atoms with Gasteiger partial charge in [-0.05, 0) is 47.6 Å². The minimum atomic E-state index is -5.01. The van der Waals surface area contributed by atoms with Crippen molar-refractivity contribution in [1.82, 2.24) is 14.9 Å². The minimum Gasteiger partial charge on any atom is -0.326 e. The second-order valence-electron chi connectivity index (χ2n) is 9.14. The Balaban J connectivity index is 1.51. The Bertz CT molecular complexity index is 1550. The Hall–Kier alpha value is -3.20. The van der Waals surface area contributed by atoms with Crippen molar-refractivity contribution in [3.8, 4) is 10.6 Å². The van der Waals surface area contributed by atoms with E-state index in [4.69, 9.17) is 0 Å². The number of aromatic nitrogens is 2. The van der Waals surface area contributed by atoms with E-state index in [1.807, 2.05) is 0 Å². The summed E-state index contributed by atoms with van der Waals surface area (Å²) in [7, 11) is -3.66. The summed E-state index contributed by atoms with van der Waals surface area (Å²) < 4.78 is 104. The number of thiophene rings is 1. The van der Waals surface area contributed by atoms with Crippen LogP contribution in [0.2, 0.25) is 0 Å². The lowest BCUT2D eigenvalue weighted by Crippen LogP contribution is -2.37. The number of alkyl halides is 6. The number of carbonyl (C=O) groups excluding carboxylic acids is 1. The fourth-order valence-electron chi connectivity index (χ4n) is 4.23. The monoisotopic (exact) mass is 576 g/mol. The number of nitrogens with one attached hydrogen (secondary N) is 1. The van der Waals surface area contributed by atoms with E-state index in [9.17, 15) is 39.6 Å². The predicted octanol–water partition coefficient (Wildman–Crippen LogP) is 5.65. The number of anilines is 2. The summed E-state index contributed by atoms with van der Waals surface area (Å²) in [4.78, 5) is 20.1. The number of hydrogen-bond acceptors (Lipinski definition) is 7. The molecule has 38 heavy (non-hydrogen) atoms. The van der Waals surface area contributed by atoms with Gasteiger partial charge in [0.05, 0.1) is 15.5 Å². The Morgan fingerprint density at radius 1 is 1.08 bits per heavy atom. The third-order valence-corrected chi connectivity index (χ3v) is 8.40. The normalized spacial score (nSPS) is 16.0. The molecular formula is C23H18F6N4O3S2. The average molecular weight is 577 g/mol. The first kappa shape index (κ1) is 26.4. The fourth-order valence-corrected chi connectivity index (χ4v) is 6.25. The molecule has 3 heterocycles. The highest BCUT2D eigenvalue weighted by atomic mass is 32.2. The maximum Gasteiger partial charge on any atom is 0.471 e. The lowest BCUT2D eigenvalue weighted by molar-refractivity contribution is -0.186. The molecule has 15 heteroatoms. The largest absolute Gasteiger partial charge is 0.471 e. The number of benzene rings is 1. The van der Waals surface area contributed by atoms with Crippen LogP contribution in [-0.2, 0) is 33.9 Å². The number of nitrogens with zero attached hydrogens (tertiary/aromatic N) is 3. The summed E-state index contributed by atoms with van der Waals surface area (Å²) in [6.07, 6.45) is -6.65. The second kappa shape index (κ2) is 8.93. The van der Waals surface area contributed by atoms with Crippen LogP contribution in [0.4, 0.5) is 38.0 Å². The van der Waals surface area contributed by atoms with Crippen molar-refractivity contribution in [2.75, 3.05) is 11.6 Å². The van der Waals surface area contributed by atoms with E-state index in [1.165, 1.54) is 5.38 Å². The molecule has 1 N–H and O–H groups in total. The van der Waals surface area contributed by atoms with Gasteiger partial charge in [0.1, 0.15) is 5.56 Å². The zero-order valence-electron chi connectivity index (χ0n) is 19.4. The Morgan fingerprint density at radius 2 is 1.74 bits per heavy atom. The van der Waals surface area contributed by atoms with Crippen molar-refractivity contribution in [3.05, 3.63) is 52.0 Å². The molecule has 0 bridgehead atoms. The molecule has 1 aliphatic carbocycles. The van der Waals surface area contributed by atoms with Crippen LogP contribution in [0, 0.1) is 0 Å². The molecule has 0 atom stereocenters. The van der Waals surface area contributed by atoms with Gasteiger partial charge in [-0.2, -0.15) is 26.3 Å². The first-order valence-corrected chi connectivity index (χ1v) is 13.9. The number of hydrogen-bond donors (Lipinski definition) is 1. The van der Waals surface area contributed by atoms with Crippen LogP contribution < -0.4 is 5.32 Å². The lowest BCUT2D eigenvalue weighted by Gasteiger charge is -2.16. The van der Waals surface area contributed by atoms with Crippen LogP contribution in [0.15, 0.2) is 34.7 Å². The average Bonchev–Trinajstić information content (AvgIpc) is 3.35. The fraction of sp³-hybridized carbons (Fsp3) is 0.348. The van der Waals surface area contributed by atoms with Gasteiger partial charge in [-0.3, -0.25) is 4.79 Å². The number of amides is 1. The van der Waals surface area contributed by atoms with Crippen molar-refractivity contribution >= 4 is 38.7 Å². The molecular weight excluding hydrogens is 558 g/mol. The van der Waals surface area contributed by atoms with Gasteiger partial charge in [0, 0.05) is 36.6 Å². The molecule has 0 saturated heterocycles. The standard InChI is InChI=1S/C23H18F6N4O3S2/c1-38(35,36)14-6-18(37-10-14)19-16(22(24,25)26)7-30-21(32-19)31-17-5-13-9-33(20(34)23(27,28)29)8-12(13)4-15(17)11-2-3-11/h4-7,10-11H,2-3,8-9H2,1H3,(H,30,31,32). The molecule has 1 aliphatic heterocycles. The van der Waals surface area contributed by atoms with E-state index in [2.05, 4.69) is 15.3 Å². The van der Waals surface area contributed by atoms with Crippen molar-refractivity contribution in [3.63, 3.8) is 0 Å². The van der Waals surface area contributed by atoms with Crippen LogP contribution in [0.1, 0.15) is 41.0 Å². The highest BCUT2D eigenvalue weighted by Gasteiger charge is 2.44. The van der Waals surface area contributed by atoms with Gasteiger partial charge in [-0.15, -0.1) is 11.3 Å². The van der Waals surface area contributed by atoms with E-state index < -0.39 is 39.4 Å². The van der Waals surface area contributed by atoms with Gasteiger partial charge in [0.15, 0.2) is 9.84 Å². The maximum absolute atomic E-state index is 13.7. The highest BCUT2D eigenvalue weighted by molar-refractivity contribution is 7.90. The summed E-state index contributed by atoms with van der Waals surface area (Å²) in [6.45, 7) is -0.467. The van der Waals surface area contributed by atoms with Crippen molar-refractivity contribution in [1.29, 1.82) is 0 Å². The third-order valence-electron chi connectivity index (χ3n) is 6.22. The number of halogens is 6. The smallest absolute Gasteiger partial charge is 0.326 e. The lowest BCUT2D eigenvalue weighted by atomic mass is 10.0. The zero-order valence-corrected chi connectivity index (χ0v) is 21.1. The molecule has 0 spiro atoms. The molecule has 1 aromatic carbocycles. The van der Waals surface area contributed by atoms with Crippen LogP contribution in [0.25, 0.3) is 10.6 Å². The number of rotatable bonds is 5. The molecule has 0 unspecified atom stereocenters. The van der Waals surface area contributed by atoms with Crippen molar-refractivity contribution in [2.45, 2.75) is 49.1 Å². The molecule has 3 aromatic rings. The summed E-state index contributed by atoms with van der Waals surface area (Å²) in [6, 6.07) is 4.39. The van der Waals surface area contributed by atoms with Gasteiger partial charge in [0.2, 0.25) is 5.95 Å². The number of sulfone groups is 1. The first-order chi connectivity index (χ1) is 17.6. The third kappa shape index (κ3) is 5.21. The van der Waals surface area contributed by atoms with Crippen molar-refractivity contribution in [2.24, 2.45) is 0 Å². The maximum atomic E-state index is 13.7. The first-order valence-electron chi connectivity index (χ1n) is 11.1. The molecule has 1 saturated carbocycles. The molecule has 0 radical (unpaired) electrons. The predicted molar refractivity (Wildman–Crippen MR) is 125 cm³/mol. The van der Waals surface area contributed by atoms with Gasteiger partial charge >= 0.3 is 18.3 Å². The molecule has 1 amide bonds. The molecule has 5 rings (SSSR count). The summed E-state index contributed by atoms with van der Waals surface area (Å²) in [5, 5.41) is 4.12. The molecule has 2 aliphatic rings. The Labute approximate surface area is 216 Å². The highest BCUT2D eigenvalue weighted by Crippen LogP contribution is 2.46. The SMILES string of the molecule is CS(=O)(=O)c1csc(-c2nc(Nc3cc4c(cc3C3CC3)CN(C(=O)C(F)(F)F)C4)ncc2C(F)(F)F)c1. The molecule has 1 fully saturated rings. The zero-order chi connectivity index (χ0) is 27.6. The van der Waals surface area contributed by atoms with E-state index in [0.29, 0.717) is 27.9 Å². The summed E-state index contributed by atoms with van der Waals surface area (Å²) >= 11 is 0.787. The Morgan fingerprint density at radius 3 is 2.29 bits per heavy atom. The quantitative estimate of drug-likeness (QED) is 0.395. The summed E-state index contributed by atoms with van der Waals surface area (Å²) in [5.41, 5.74) is 0.536. The number of fused-ring (bicyclic) bond motifs is 1.